The van der Waals surface area contributed by atoms with Gasteiger partial charge in [0, 0.05) is 10.7 Å². The van der Waals surface area contributed by atoms with Crippen LogP contribution in [0.3, 0.4) is 0 Å². The fraction of sp³-hybridized carbons (Fsp3) is 0.120. The van der Waals surface area contributed by atoms with Crippen molar-refractivity contribution in [1.82, 2.24) is 0 Å². The van der Waals surface area contributed by atoms with E-state index < -0.39 is 5.91 Å². The van der Waals surface area contributed by atoms with E-state index in [1.165, 1.54) is 13.2 Å². The Morgan fingerprint density at radius 2 is 1.82 bits per heavy atom. The molecular formula is C25H19Cl3N2O3. The molecule has 0 unspecified atom stereocenters. The molecule has 168 valence electrons. The van der Waals surface area contributed by atoms with Gasteiger partial charge in [-0.25, -0.2) is 0 Å². The average molecular weight is 502 g/mol. The van der Waals surface area contributed by atoms with Crippen LogP contribution in [-0.4, -0.2) is 13.0 Å². The number of ether oxygens (including phenoxy) is 2. The molecule has 0 saturated carbocycles. The molecule has 8 heteroatoms. The first kappa shape index (κ1) is 24.5. The first-order valence-electron chi connectivity index (χ1n) is 9.74. The zero-order chi connectivity index (χ0) is 24.0. The van der Waals surface area contributed by atoms with Crippen LogP contribution in [0.2, 0.25) is 15.1 Å². The second-order valence-electron chi connectivity index (χ2n) is 7.03. The number of carbonyl (C=O) groups excluding carboxylic acids is 1. The maximum Gasteiger partial charge on any atom is 0.266 e. The number of halogens is 3. The number of methoxy groups -OCH3 is 1. The monoisotopic (exact) mass is 500 g/mol. The number of nitrogens with one attached hydrogen (secondary N) is 1. The normalized spacial score (nSPS) is 11.0. The van der Waals surface area contributed by atoms with Gasteiger partial charge in [-0.3, -0.25) is 4.79 Å². The molecule has 1 amide bonds. The molecule has 0 radical (unpaired) electrons. The Bertz CT molecular complexity index is 1270. The Balaban J connectivity index is 1.76. The first-order chi connectivity index (χ1) is 15.8. The summed E-state index contributed by atoms with van der Waals surface area (Å²) in [6.45, 7) is 2.08. The summed E-state index contributed by atoms with van der Waals surface area (Å²) < 4.78 is 11.3. The molecule has 0 saturated heterocycles. The number of rotatable bonds is 7. The van der Waals surface area contributed by atoms with Crippen molar-refractivity contribution in [3.63, 3.8) is 0 Å². The Morgan fingerprint density at radius 1 is 1.03 bits per heavy atom. The maximum absolute atomic E-state index is 12.6. The number of nitriles is 1. The third kappa shape index (κ3) is 6.43. The van der Waals surface area contributed by atoms with Crippen molar-refractivity contribution in [2.45, 2.75) is 13.5 Å². The van der Waals surface area contributed by atoms with Gasteiger partial charge >= 0.3 is 0 Å². The molecule has 0 aliphatic carbocycles. The van der Waals surface area contributed by atoms with E-state index in [9.17, 15) is 10.1 Å². The number of hydrogen-bond acceptors (Lipinski definition) is 4. The minimum Gasteiger partial charge on any atom is -0.493 e. The second kappa shape index (κ2) is 11.1. The highest BCUT2D eigenvalue weighted by Gasteiger charge is 2.13. The highest BCUT2D eigenvalue weighted by molar-refractivity contribution is 6.42. The number of benzene rings is 3. The van der Waals surface area contributed by atoms with Crippen LogP contribution in [0.4, 0.5) is 5.69 Å². The fourth-order valence-corrected chi connectivity index (χ4v) is 3.50. The maximum atomic E-state index is 12.6. The predicted octanol–water partition coefficient (Wildman–Crippen LogP) is 7.09. The van der Waals surface area contributed by atoms with Gasteiger partial charge in [-0.15, -0.1) is 0 Å². The lowest BCUT2D eigenvalue weighted by Crippen LogP contribution is -2.14. The van der Waals surface area contributed by atoms with Gasteiger partial charge in [0.1, 0.15) is 18.2 Å². The number of aryl methyl sites for hydroxylation is 1. The van der Waals surface area contributed by atoms with E-state index >= 15 is 0 Å². The van der Waals surface area contributed by atoms with E-state index in [0.29, 0.717) is 37.8 Å². The predicted molar refractivity (Wildman–Crippen MR) is 132 cm³/mol. The Hall–Kier alpha value is -3.17. The summed E-state index contributed by atoms with van der Waals surface area (Å²) in [6, 6.07) is 17.4. The van der Waals surface area contributed by atoms with Gasteiger partial charge in [0.25, 0.3) is 5.91 Å². The van der Waals surface area contributed by atoms with E-state index in [1.54, 1.807) is 48.5 Å². The number of amides is 1. The third-order valence-electron chi connectivity index (χ3n) is 4.68. The summed E-state index contributed by atoms with van der Waals surface area (Å²) in [5.74, 6) is 0.428. The molecule has 0 atom stereocenters. The molecule has 0 fully saturated rings. The zero-order valence-corrected chi connectivity index (χ0v) is 20.1. The van der Waals surface area contributed by atoms with Gasteiger partial charge in [-0.05, 0) is 72.2 Å². The second-order valence-corrected chi connectivity index (χ2v) is 8.28. The van der Waals surface area contributed by atoms with Gasteiger partial charge in [-0.2, -0.15) is 5.26 Å². The number of anilines is 1. The van der Waals surface area contributed by atoms with Crippen molar-refractivity contribution in [2.75, 3.05) is 12.4 Å². The van der Waals surface area contributed by atoms with Gasteiger partial charge in [0.2, 0.25) is 0 Å². The Morgan fingerprint density at radius 3 is 2.48 bits per heavy atom. The van der Waals surface area contributed by atoms with E-state index in [0.717, 1.165) is 11.1 Å². The van der Waals surface area contributed by atoms with Gasteiger partial charge < -0.3 is 14.8 Å². The average Bonchev–Trinajstić information content (AvgIpc) is 2.80. The molecule has 3 rings (SSSR count). The summed E-state index contributed by atoms with van der Waals surface area (Å²) in [5.41, 5.74) is 2.76. The van der Waals surface area contributed by atoms with Gasteiger partial charge in [0.15, 0.2) is 11.5 Å². The number of nitrogens with zero attached hydrogens (tertiary/aromatic N) is 1. The Kier molecular flexibility index (Phi) is 8.24. The van der Waals surface area contributed by atoms with Crippen LogP contribution in [0.15, 0.2) is 60.2 Å². The highest BCUT2D eigenvalue weighted by atomic mass is 35.5. The van der Waals surface area contributed by atoms with Crippen molar-refractivity contribution in [2.24, 2.45) is 0 Å². The van der Waals surface area contributed by atoms with Crippen molar-refractivity contribution in [3.8, 4) is 17.6 Å². The van der Waals surface area contributed by atoms with Crippen LogP contribution in [0.25, 0.3) is 6.08 Å². The summed E-state index contributed by atoms with van der Waals surface area (Å²) >= 11 is 17.9. The van der Waals surface area contributed by atoms with Crippen LogP contribution in [-0.2, 0) is 11.4 Å². The summed E-state index contributed by atoms with van der Waals surface area (Å²) in [6.07, 6.45) is 1.48. The lowest BCUT2D eigenvalue weighted by Gasteiger charge is -2.12. The van der Waals surface area contributed by atoms with E-state index in [2.05, 4.69) is 5.32 Å². The van der Waals surface area contributed by atoms with Crippen LogP contribution in [0.1, 0.15) is 16.7 Å². The van der Waals surface area contributed by atoms with Crippen molar-refractivity contribution < 1.29 is 14.3 Å². The molecule has 1 N–H and O–H groups in total. The molecule has 33 heavy (non-hydrogen) atoms. The molecular weight excluding hydrogens is 483 g/mol. The molecule has 0 bridgehead atoms. The van der Waals surface area contributed by atoms with Gasteiger partial charge in [0.05, 0.1) is 17.2 Å². The Labute approximate surface area is 207 Å². The molecule has 0 spiro atoms. The van der Waals surface area contributed by atoms with Gasteiger partial charge in [-0.1, -0.05) is 46.9 Å². The van der Waals surface area contributed by atoms with E-state index in [4.69, 9.17) is 44.3 Å². The largest absolute Gasteiger partial charge is 0.493 e. The molecule has 0 aliphatic rings. The molecule has 5 nitrogen and oxygen atoms in total. The fourth-order valence-electron chi connectivity index (χ4n) is 2.96. The lowest BCUT2D eigenvalue weighted by atomic mass is 10.1. The molecule has 0 aromatic heterocycles. The highest BCUT2D eigenvalue weighted by Crippen LogP contribution is 2.31. The number of carbonyl (C=O) groups is 1. The molecule has 0 aliphatic heterocycles. The van der Waals surface area contributed by atoms with Crippen molar-refractivity contribution in [1.29, 1.82) is 5.26 Å². The van der Waals surface area contributed by atoms with Crippen LogP contribution in [0, 0.1) is 18.3 Å². The first-order valence-corrected chi connectivity index (χ1v) is 10.9. The van der Waals surface area contributed by atoms with Crippen LogP contribution < -0.4 is 14.8 Å². The smallest absolute Gasteiger partial charge is 0.266 e. The summed E-state index contributed by atoms with van der Waals surface area (Å²) in [4.78, 5) is 12.6. The molecule has 0 heterocycles. The topological polar surface area (TPSA) is 71.3 Å². The molecule has 3 aromatic rings. The standard InChI is InChI=1S/C25H19Cl3N2O3/c1-15-9-19(26)5-7-22(15)30-25(31)18(13-29)10-16-4-8-23(24(12-16)32-2)33-14-17-3-6-20(27)21(28)11-17/h3-12H,14H2,1-2H3,(H,30,31)/b18-10+. The molecule has 3 aromatic carbocycles. The minimum atomic E-state index is -0.526. The summed E-state index contributed by atoms with van der Waals surface area (Å²) in [5, 5.41) is 13.7. The van der Waals surface area contributed by atoms with E-state index in [1.807, 2.05) is 19.1 Å². The number of hydrogen-bond donors (Lipinski definition) is 1. The lowest BCUT2D eigenvalue weighted by molar-refractivity contribution is -0.112. The van der Waals surface area contributed by atoms with Crippen molar-refractivity contribution >= 4 is 52.5 Å². The van der Waals surface area contributed by atoms with Crippen molar-refractivity contribution in [3.05, 3.63) is 91.9 Å². The zero-order valence-electron chi connectivity index (χ0n) is 17.8. The SMILES string of the molecule is COc1cc(/C=C(\C#N)C(=O)Nc2ccc(Cl)cc2C)ccc1OCc1ccc(Cl)c(Cl)c1. The minimum absolute atomic E-state index is 0.0594. The van der Waals surface area contributed by atoms with E-state index in [-0.39, 0.29) is 12.2 Å². The quantitative estimate of drug-likeness (QED) is 0.277. The third-order valence-corrected chi connectivity index (χ3v) is 5.65. The van der Waals surface area contributed by atoms with Crippen LogP contribution in [0.5, 0.6) is 11.5 Å². The van der Waals surface area contributed by atoms with Crippen LogP contribution >= 0.6 is 34.8 Å². The summed E-state index contributed by atoms with van der Waals surface area (Å²) in [7, 11) is 1.51.